The van der Waals surface area contributed by atoms with Gasteiger partial charge in [0.15, 0.2) is 0 Å². The Bertz CT molecular complexity index is 413. The quantitative estimate of drug-likeness (QED) is 0.694. The largest absolute Gasteiger partial charge is 0.383 e. The van der Waals surface area contributed by atoms with Crippen LogP contribution in [-0.2, 0) is 11.2 Å². The SMILES string of the molecule is CCCC(C)(CNCCOC)Cc1ccc(Cl)c(F)c1. The standard InChI is InChI=1S/C16H25ClFNO/c1-4-7-16(2,12-19-8-9-20-3)11-13-5-6-14(17)15(18)10-13/h5-6,10,19H,4,7-9,11-12H2,1-3H3. The van der Waals surface area contributed by atoms with Gasteiger partial charge in [-0.3, -0.25) is 0 Å². The highest BCUT2D eigenvalue weighted by Gasteiger charge is 2.23. The third-order valence-electron chi connectivity index (χ3n) is 3.50. The molecule has 0 aromatic heterocycles. The maximum Gasteiger partial charge on any atom is 0.142 e. The molecule has 2 nitrogen and oxygen atoms in total. The van der Waals surface area contributed by atoms with E-state index in [1.54, 1.807) is 19.2 Å². The van der Waals surface area contributed by atoms with Crippen molar-refractivity contribution in [1.29, 1.82) is 0 Å². The number of nitrogens with one attached hydrogen (secondary N) is 1. The van der Waals surface area contributed by atoms with Crippen LogP contribution in [0.5, 0.6) is 0 Å². The summed E-state index contributed by atoms with van der Waals surface area (Å²) in [6, 6.07) is 5.09. The van der Waals surface area contributed by atoms with E-state index in [9.17, 15) is 4.39 Å². The molecule has 4 heteroatoms. The van der Waals surface area contributed by atoms with Gasteiger partial charge in [0.25, 0.3) is 0 Å². The van der Waals surface area contributed by atoms with Crippen LogP contribution in [0.3, 0.4) is 0 Å². The summed E-state index contributed by atoms with van der Waals surface area (Å²) >= 11 is 5.73. The minimum absolute atomic E-state index is 0.114. The number of halogens is 2. The number of hydrogen-bond acceptors (Lipinski definition) is 2. The highest BCUT2D eigenvalue weighted by molar-refractivity contribution is 6.30. The van der Waals surface area contributed by atoms with Crippen LogP contribution in [0.4, 0.5) is 4.39 Å². The Hall–Kier alpha value is -0.640. The van der Waals surface area contributed by atoms with E-state index in [1.807, 2.05) is 6.07 Å². The van der Waals surface area contributed by atoms with Crippen molar-refractivity contribution >= 4 is 11.6 Å². The Labute approximate surface area is 126 Å². The van der Waals surface area contributed by atoms with Gasteiger partial charge < -0.3 is 10.1 Å². The maximum atomic E-state index is 13.5. The highest BCUT2D eigenvalue weighted by atomic mass is 35.5. The molecule has 0 radical (unpaired) electrons. The summed E-state index contributed by atoms with van der Waals surface area (Å²) in [4.78, 5) is 0. The minimum Gasteiger partial charge on any atom is -0.383 e. The minimum atomic E-state index is -0.338. The summed E-state index contributed by atoms with van der Waals surface area (Å²) in [6.07, 6.45) is 3.05. The smallest absolute Gasteiger partial charge is 0.142 e. The normalized spacial score (nSPS) is 14.2. The molecule has 0 bridgehead atoms. The Morgan fingerprint density at radius 1 is 1.40 bits per heavy atom. The van der Waals surface area contributed by atoms with Crippen LogP contribution in [0.1, 0.15) is 32.3 Å². The number of benzene rings is 1. The molecule has 0 aliphatic heterocycles. The first-order chi connectivity index (χ1) is 9.50. The predicted molar refractivity (Wildman–Crippen MR) is 82.9 cm³/mol. The van der Waals surface area contributed by atoms with Gasteiger partial charge in [0.1, 0.15) is 5.82 Å². The zero-order valence-corrected chi connectivity index (χ0v) is 13.4. The zero-order valence-electron chi connectivity index (χ0n) is 12.6. The van der Waals surface area contributed by atoms with E-state index < -0.39 is 0 Å². The third-order valence-corrected chi connectivity index (χ3v) is 3.81. The number of ether oxygens (including phenoxy) is 1. The van der Waals surface area contributed by atoms with Gasteiger partial charge >= 0.3 is 0 Å². The molecule has 0 aliphatic carbocycles. The van der Waals surface area contributed by atoms with Gasteiger partial charge in [-0.1, -0.05) is 37.9 Å². The molecule has 0 saturated heterocycles. The lowest BCUT2D eigenvalue weighted by Crippen LogP contribution is -2.35. The molecule has 1 unspecified atom stereocenters. The number of rotatable bonds is 9. The monoisotopic (exact) mass is 301 g/mol. The van der Waals surface area contributed by atoms with Gasteiger partial charge in [0.05, 0.1) is 11.6 Å². The molecule has 1 atom stereocenters. The Kier molecular flexibility index (Phi) is 7.49. The molecule has 1 N–H and O–H groups in total. The number of hydrogen-bond donors (Lipinski definition) is 1. The molecule has 1 aromatic carbocycles. The average molecular weight is 302 g/mol. The lowest BCUT2D eigenvalue weighted by Gasteiger charge is -2.30. The number of methoxy groups -OCH3 is 1. The van der Waals surface area contributed by atoms with Crippen LogP contribution in [0.2, 0.25) is 5.02 Å². The van der Waals surface area contributed by atoms with E-state index >= 15 is 0 Å². The second-order valence-electron chi connectivity index (χ2n) is 5.66. The molecular formula is C16H25ClFNO. The summed E-state index contributed by atoms with van der Waals surface area (Å²) < 4.78 is 18.6. The summed E-state index contributed by atoms with van der Waals surface area (Å²) in [5.74, 6) is -0.338. The van der Waals surface area contributed by atoms with Crippen molar-refractivity contribution < 1.29 is 9.13 Å². The fourth-order valence-electron chi connectivity index (χ4n) is 2.55. The molecule has 0 heterocycles. The van der Waals surface area contributed by atoms with Crippen molar-refractivity contribution in [3.63, 3.8) is 0 Å². The van der Waals surface area contributed by atoms with E-state index in [0.29, 0.717) is 6.61 Å². The molecule has 0 amide bonds. The van der Waals surface area contributed by atoms with Gasteiger partial charge in [-0.05, 0) is 36.0 Å². The van der Waals surface area contributed by atoms with Crippen LogP contribution in [0.15, 0.2) is 18.2 Å². The molecule has 1 rings (SSSR count). The predicted octanol–water partition coefficient (Wildman–Crippen LogP) is 4.06. The van der Waals surface area contributed by atoms with Crippen molar-refractivity contribution in [2.75, 3.05) is 26.8 Å². The molecule has 114 valence electrons. The summed E-state index contributed by atoms with van der Waals surface area (Å²) in [7, 11) is 1.70. The topological polar surface area (TPSA) is 21.3 Å². The first-order valence-corrected chi connectivity index (χ1v) is 7.52. The van der Waals surface area contributed by atoms with Gasteiger partial charge in [0, 0.05) is 20.2 Å². The second-order valence-corrected chi connectivity index (χ2v) is 6.06. The maximum absolute atomic E-state index is 13.5. The molecular weight excluding hydrogens is 277 g/mol. The second kappa shape index (κ2) is 8.60. The summed E-state index contributed by atoms with van der Waals surface area (Å²) in [6.45, 7) is 6.86. The van der Waals surface area contributed by atoms with E-state index in [1.165, 1.54) is 0 Å². The van der Waals surface area contributed by atoms with E-state index in [0.717, 1.165) is 37.9 Å². The van der Waals surface area contributed by atoms with Gasteiger partial charge in [-0.25, -0.2) is 4.39 Å². The first-order valence-electron chi connectivity index (χ1n) is 7.14. The summed E-state index contributed by atoms with van der Waals surface area (Å²) in [5.41, 5.74) is 1.11. The Morgan fingerprint density at radius 3 is 2.75 bits per heavy atom. The van der Waals surface area contributed by atoms with E-state index in [2.05, 4.69) is 19.2 Å². The van der Waals surface area contributed by atoms with Crippen molar-refractivity contribution in [3.05, 3.63) is 34.6 Å². The zero-order chi connectivity index (χ0) is 15.0. The van der Waals surface area contributed by atoms with Crippen molar-refractivity contribution in [1.82, 2.24) is 5.32 Å². The van der Waals surface area contributed by atoms with Crippen molar-refractivity contribution in [2.24, 2.45) is 5.41 Å². The van der Waals surface area contributed by atoms with E-state index in [4.69, 9.17) is 16.3 Å². The first kappa shape index (κ1) is 17.4. The fraction of sp³-hybridized carbons (Fsp3) is 0.625. The van der Waals surface area contributed by atoms with Crippen LogP contribution in [0, 0.1) is 11.2 Å². The lowest BCUT2D eigenvalue weighted by molar-refractivity contribution is 0.190. The third kappa shape index (κ3) is 5.78. The highest BCUT2D eigenvalue weighted by Crippen LogP contribution is 2.29. The van der Waals surface area contributed by atoms with Gasteiger partial charge in [-0.2, -0.15) is 0 Å². The van der Waals surface area contributed by atoms with Crippen LogP contribution in [0.25, 0.3) is 0 Å². The molecule has 0 saturated carbocycles. The molecule has 0 fully saturated rings. The Morgan fingerprint density at radius 2 is 2.15 bits per heavy atom. The lowest BCUT2D eigenvalue weighted by atomic mass is 9.79. The van der Waals surface area contributed by atoms with Gasteiger partial charge in [0.2, 0.25) is 0 Å². The van der Waals surface area contributed by atoms with Crippen LogP contribution in [-0.4, -0.2) is 26.8 Å². The molecule has 1 aromatic rings. The van der Waals surface area contributed by atoms with Crippen molar-refractivity contribution in [2.45, 2.75) is 33.1 Å². The fourth-order valence-corrected chi connectivity index (χ4v) is 2.67. The van der Waals surface area contributed by atoms with Crippen molar-refractivity contribution in [3.8, 4) is 0 Å². The molecule has 0 spiro atoms. The summed E-state index contributed by atoms with van der Waals surface area (Å²) in [5, 5.41) is 3.60. The van der Waals surface area contributed by atoms with Crippen LogP contribution < -0.4 is 5.32 Å². The van der Waals surface area contributed by atoms with E-state index in [-0.39, 0.29) is 16.3 Å². The Balaban J connectivity index is 2.66. The average Bonchev–Trinajstić information content (AvgIpc) is 2.39. The molecule has 0 aliphatic rings. The van der Waals surface area contributed by atoms with Gasteiger partial charge in [-0.15, -0.1) is 0 Å². The van der Waals surface area contributed by atoms with Crippen LogP contribution >= 0.6 is 11.6 Å². The molecule has 20 heavy (non-hydrogen) atoms.